The van der Waals surface area contributed by atoms with Crippen LogP contribution < -0.4 is 4.90 Å². The highest BCUT2D eigenvalue weighted by Crippen LogP contribution is 2.24. The number of carbonyl (C=O) groups is 2. The van der Waals surface area contributed by atoms with E-state index in [0.29, 0.717) is 18.7 Å². The molecule has 1 aliphatic rings. The van der Waals surface area contributed by atoms with Crippen LogP contribution in [0.2, 0.25) is 0 Å². The lowest BCUT2D eigenvalue weighted by atomic mass is 10.1. The maximum atomic E-state index is 12.9. The third-order valence-electron chi connectivity index (χ3n) is 4.79. The van der Waals surface area contributed by atoms with Crippen molar-refractivity contribution in [1.29, 1.82) is 0 Å². The molecule has 0 bridgehead atoms. The summed E-state index contributed by atoms with van der Waals surface area (Å²) in [7, 11) is 0. The van der Waals surface area contributed by atoms with Crippen molar-refractivity contribution in [2.75, 3.05) is 18.0 Å². The number of anilines is 1. The minimum absolute atomic E-state index is 0.0437. The second-order valence-electron chi connectivity index (χ2n) is 6.44. The zero-order chi connectivity index (χ0) is 18.1. The fraction of sp³-hybridized carbons (Fsp3) is 0.300. The largest absolute Gasteiger partial charge is 0.325 e. The molecule has 1 aliphatic heterocycles. The summed E-state index contributed by atoms with van der Waals surface area (Å²) in [5.74, 6) is -0.153. The summed E-state index contributed by atoms with van der Waals surface area (Å²) in [4.78, 5) is 29.1. The van der Waals surface area contributed by atoms with E-state index in [0.717, 1.165) is 15.7 Å². The molecule has 0 aromatic heterocycles. The lowest BCUT2D eigenvalue weighted by molar-refractivity contribution is -0.124. The van der Waals surface area contributed by atoms with Gasteiger partial charge in [-0.1, -0.05) is 28.1 Å². The summed E-state index contributed by atoms with van der Waals surface area (Å²) in [6, 6.07) is 12.8. The van der Waals surface area contributed by atoms with Crippen LogP contribution in [-0.2, 0) is 4.79 Å². The molecule has 2 aromatic carbocycles. The summed E-state index contributed by atoms with van der Waals surface area (Å²) < 4.78 is 0.853. The number of hydrogen-bond acceptors (Lipinski definition) is 2. The summed E-state index contributed by atoms with van der Waals surface area (Å²) >= 11 is 3.39. The molecule has 0 N–H and O–H groups in total. The third-order valence-corrected chi connectivity index (χ3v) is 5.28. The molecule has 3 rings (SSSR count). The van der Waals surface area contributed by atoms with Crippen LogP contribution in [0.1, 0.15) is 28.4 Å². The average Bonchev–Trinajstić information content (AvgIpc) is 2.59. The Balaban J connectivity index is 1.81. The average molecular weight is 401 g/mol. The summed E-state index contributed by atoms with van der Waals surface area (Å²) in [5, 5.41) is 0. The van der Waals surface area contributed by atoms with Gasteiger partial charge in [0.2, 0.25) is 5.91 Å². The first-order chi connectivity index (χ1) is 11.9. The molecule has 1 fully saturated rings. The number of carbonyl (C=O) groups excluding carboxylic acids is 2. The van der Waals surface area contributed by atoms with Gasteiger partial charge >= 0.3 is 0 Å². The van der Waals surface area contributed by atoms with E-state index >= 15 is 0 Å². The van der Waals surface area contributed by atoms with Gasteiger partial charge in [-0.2, -0.15) is 0 Å². The highest BCUT2D eigenvalue weighted by molar-refractivity contribution is 9.10. The van der Waals surface area contributed by atoms with E-state index in [-0.39, 0.29) is 11.8 Å². The van der Waals surface area contributed by atoms with Crippen LogP contribution in [-0.4, -0.2) is 35.8 Å². The fourth-order valence-electron chi connectivity index (χ4n) is 3.09. The summed E-state index contributed by atoms with van der Waals surface area (Å²) in [6.07, 6.45) is 0. The van der Waals surface area contributed by atoms with Crippen LogP contribution in [0.15, 0.2) is 46.9 Å². The van der Waals surface area contributed by atoms with Crippen molar-refractivity contribution in [3.63, 3.8) is 0 Å². The molecule has 130 valence electrons. The zero-order valence-corrected chi connectivity index (χ0v) is 16.2. The van der Waals surface area contributed by atoms with Gasteiger partial charge in [-0.3, -0.25) is 9.59 Å². The molecule has 5 heteroatoms. The second kappa shape index (κ2) is 7.00. The van der Waals surface area contributed by atoms with Gasteiger partial charge in [0.05, 0.1) is 0 Å². The first-order valence-corrected chi connectivity index (χ1v) is 9.13. The number of benzene rings is 2. The van der Waals surface area contributed by atoms with Crippen LogP contribution in [0.3, 0.4) is 0 Å². The predicted octanol–water partition coefficient (Wildman–Crippen LogP) is 3.94. The van der Waals surface area contributed by atoms with E-state index in [2.05, 4.69) is 22.9 Å². The van der Waals surface area contributed by atoms with Gasteiger partial charge in [-0.05, 0) is 62.2 Å². The number of rotatable bonds is 2. The van der Waals surface area contributed by atoms with Gasteiger partial charge < -0.3 is 9.80 Å². The number of aryl methyl sites for hydroxylation is 2. The Kier molecular flexibility index (Phi) is 4.95. The maximum absolute atomic E-state index is 12.9. The number of piperazine rings is 1. The quantitative estimate of drug-likeness (QED) is 0.765. The van der Waals surface area contributed by atoms with Crippen LogP contribution >= 0.6 is 15.9 Å². The molecular formula is C20H21BrN2O2. The molecule has 0 radical (unpaired) electrons. The van der Waals surface area contributed by atoms with E-state index in [4.69, 9.17) is 0 Å². The predicted molar refractivity (Wildman–Crippen MR) is 103 cm³/mol. The Morgan fingerprint density at radius 2 is 1.84 bits per heavy atom. The SMILES string of the molecule is Cc1ccc(N2CCN(C(=O)c3cccc(Br)c3)[C@@H](C)C2=O)cc1C. The minimum Gasteiger partial charge on any atom is -0.325 e. The summed E-state index contributed by atoms with van der Waals surface area (Å²) in [5.41, 5.74) is 3.85. The second-order valence-corrected chi connectivity index (χ2v) is 7.36. The number of halogens is 1. The standard InChI is InChI=1S/C20H21BrN2O2/c1-13-7-8-18(11-14(13)2)23-10-9-22(15(3)19(23)24)20(25)16-5-4-6-17(21)12-16/h4-8,11-12,15H,9-10H2,1-3H3/t15-/m0/s1. The van der Waals surface area contributed by atoms with Gasteiger partial charge in [-0.15, -0.1) is 0 Å². The van der Waals surface area contributed by atoms with Gasteiger partial charge in [0.1, 0.15) is 6.04 Å². The van der Waals surface area contributed by atoms with Crippen molar-refractivity contribution >= 4 is 33.4 Å². The highest BCUT2D eigenvalue weighted by atomic mass is 79.9. The molecule has 25 heavy (non-hydrogen) atoms. The Bertz CT molecular complexity index is 834. The molecule has 1 saturated heterocycles. The van der Waals surface area contributed by atoms with Gasteiger partial charge in [0, 0.05) is 28.8 Å². The van der Waals surface area contributed by atoms with Crippen LogP contribution in [0, 0.1) is 13.8 Å². The van der Waals surface area contributed by atoms with Gasteiger partial charge in [0.15, 0.2) is 0 Å². The number of nitrogens with zero attached hydrogens (tertiary/aromatic N) is 2. The lowest BCUT2D eigenvalue weighted by Gasteiger charge is -2.39. The van der Waals surface area contributed by atoms with Gasteiger partial charge in [-0.25, -0.2) is 0 Å². The first-order valence-electron chi connectivity index (χ1n) is 8.33. The Morgan fingerprint density at radius 1 is 1.08 bits per heavy atom. The normalized spacial score (nSPS) is 17.8. The fourth-order valence-corrected chi connectivity index (χ4v) is 3.48. The van der Waals surface area contributed by atoms with E-state index in [1.165, 1.54) is 5.56 Å². The Morgan fingerprint density at radius 3 is 2.52 bits per heavy atom. The van der Waals surface area contributed by atoms with Crippen molar-refractivity contribution in [1.82, 2.24) is 4.90 Å². The monoisotopic (exact) mass is 400 g/mol. The number of hydrogen-bond donors (Lipinski definition) is 0. The Hall–Kier alpha value is -2.14. The van der Waals surface area contributed by atoms with Crippen molar-refractivity contribution < 1.29 is 9.59 Å². The lowest BCUT2D eigenvalue weighted by Crippen LogP contribution is -2.57. The smallest absolute Gasteiger partial charge is 0.254 e. The highest BCUT2D eigenvalue weighted by Gasteiger charge is 2.35. The van der Waals surface area contributed by atoms with Crippen LogP contribution in [0.4, 0.5) is 5.69 Å². The van der Waals surface area contributed by atoms with Crippen LogP contribution in [0.25, 0.3) is 0 Å². The van der Waals surface area contributed by atoms with Crippen molar-refractivity contribution in [2.45, 2.75) is 26.8 Å². The molecule has 1 heterocycles. The van der Waals surface area contributed by atoms with Gasteiger partial charge in [0.25, 0.3) is 5.91 Å². The molecule has 2 aromatic rings. The van der Waals surface area contributed by atoms with Crippen molar-refractivity contribution in [3.05, 3.63) is 63.6 Å². The molecule has 0 unspecified atom stereocenters. The van der Waals surface area contributed by atoms with E-state index < -0.39 is 6.04 Å². The first kappa shape index (κ1) is 17.7. The topological polar surface area (TPSA) is 40.6 Å². The molecule has 4 nitrogen and oxygen atoms in total. The molecular weight excluding hydrogens is 380 g/mol. The number of amides is 2. The Labute approximate surface area is 156 Å². The van der Waals surface area contributed by atoms with E-state index in [1.54, 1.807) is 28.9 Å². The van der Waals surface area contributed by atoms with Crippen molar-refractivity contribution in [3.8, 4) is 0 Å². The van der Waals surface area contributed by atoms with E-state index in [9.17, 15) is 9.59 Å². The molecule has 2 amide bonds. The molecule has 0 aliphatic carbocycles. The van der Waals surface area contributed by atoms with E-state index in [1.807, 2.05) is 37.3 Å². The maximum Gasteiger partial charge on any atom is 0.254 e. The van der Waals surface area contributed by atoms with Crippen LogP contribution in [0.5, 0.6) is 0 Å². The van der Waals surface area contributed by atoms with Crippen molar-refractivity contribution in [2.24, 2.45) is 0 Å². The zero-order valence-electron chi connectivity index (χ0n) is 14.6. The molecule has 1 atom stereocenters. The minimum atomic E-state index is -0.484. The molecule has 0 saturated carbocycles. The summed E-state index contributed by atoms with van der Waals surface area (Å²) in [6.45, 7) is 6.92. The molecule has 0 spiro atoms. The third kappa shape index (κ3) is 3.47.